The highest BCUT2D eigenvalue weighted by molar-refractivity contribution is 5.81. The number of benzene rings is 1. The van der Waals surface area contributed by atoms with Crippen molar-refractivity contribution in [1.82, 2.24) is 0 Å². The second-order valence-corrected chi connectivity index (χ2v) is 4.99. The molecule has 1 aliphatic heterocycles. The summed E-state index contributed by atoms with van der Waals surface area (Å²) < 4.78 is 10.5. The minimum atomic E-state index is -0.326. The van der Waals surface area contributed by atoms with E-state index in [0.29, 0.717) is 32.0 Å². The Kier molecular flexibility index (Phi) is 4.50. The Morgan fingerprint density at radius 3 is 2.39 bits per heavy atom. The Morgan fingerprint density at radius 2 is 1.83 bits per heavy atom. The molecule has 1 fully saturated rings. The van der Waals surface area contributed by atoms with E-state index in [9.17, 15) is 4.79 Å². The molecule has 98 valence electrons. The Hall–Kier alpha value is -1.19. The van der Waals surface area contributed by atoms with Gasteiger partial charge in [0.2, 0.25) is 0 Å². The zero-order valence-electron chi connectivity index (χ0n) is 11.0. The Labute approximate surface area is 108 Å². The number of carbonyl (C=O) groups excluding carboxylic acids is 1. The second kappa shape index (κ2) is 6.12. The van der Waals surface area contributed by atoms with E-state index in [2.05, 4.69) is 26.0 Å². The van der Waals surface area contributed by atoms with Crippen LogP contribution in [0.4, 0.5) is 0 Å². The van der Waals surface area contributed by atoms with Gasteiger partial charge in [0.25, 0.3) is 0 Å². The molecule has 0 radical (unpaired) electrons. The maximum Gasteiger partial charge on any atom is 0.164 e. The maximum atomic E-state index is 11.8. The standard InChI is InChI=1S/C15H20O3/c1-11(2)13-5-3-12(4-6-13)9-14(16)10-15-17-7-8-18-15/h3-6,11,15H,7-10H2,1-2H3. The lowest BCUT2D eigenvalue weighted by molar-refractivity contribution is -0.126. The lowest BCUT2D eigenvalue weighted by atomic mass is 9.99. The highest BCUT2D eigenvalue weighted by Crippen LogP contribution is 2.16. The lowest BCUT2D eigenvalue weighted by Crippen LogP contribution is -2.15. The second-order valence-electron chi connectivity index (χ2n) is 4.99. The summed E-state index contributed by atoms with van der Waals surface area (Å²) in [6.45, 7) is 5.52. The maximum absolute atomic E-state index is 11.8. The van der Waals surface area contributed by atoms with Gasteiger partial charge in [-0.15, -0.1) is 0 Å². The van der Waals surface area contributed by atoms with Crippen LogP contribution in [-0.4, -0.2) is 25.3 Å². The van der Waals surface area contributed by atoms with Gasteiger partial charge >= 0.3 is 0 Å². The molecule has 0 unspecified atom stereocenters. The monoisotopic (exact) mass is 248 g/mol. The first-order valence-corrected chi connectivity index (χ1v) is 6.49. The number of ketones is 1. The molecule has 0 N–H and O–H groups in total. The van der Waals surface area contributed by atoms with E-state index in [-0.39, 0.29) is 12.1 Å². The van der Waals surface area contributed by atoms with Gasteiger partial charge in [0.05, 0.1) is 19.6 Å². The minimum absolute atomic E-state index is 0.166. The van der Waals surface area contributed by atoms with Crippen molar-refractivity contribution >= 4 is 5.78 Å². The number of ether oxygens (including phenoxy) is 2. The summed E-state index contributed by atoms with van der Waals surface area (Å²) in [5.41, 5.74) is 2.36. The van der Waals surface area contributed by atoms with Gasteiger partial charge in [-0.2, -0.15) is 0 Å². The predicted molar refractivity (Wildman–Crippen MR) is 69.6 cm³/mol. The van der Waals surface area contributed by atoms with E-state index in [0.717, 1.165) is 5.56 Å². The number of hydrogen-bond donors (Lipinski definition) is 0. The molecular weight excluding hydrogens is 228 g/mol. The zero-order chi connectivity index (χ0) is 13.0. The third kappa shape index (κ3) is 3.65. The average molecular weight is 248 g/mol. The van der Waals surface area contributed by atoms with Crippen molar-refractivity contribution in [3.8, 4) is 0 Å². The van der Waals surface area contributed by atoms with Crippen LogP contribution in [0.5, 0.6) is 0 Å². The van der Waals surface area contributed by atoms with Crippen molar-refractivity contribution in [2.24, 2.45) is 0 Å². The smallest absolute Gasteiger partial charge is 0.164 e. The molecule has 1 aromatic carbocycles. The fraction of sp³-hybridized carbons (Fsp3) is 0.533. The van der Waals surface area contributed by atoms with Crippen LogP contribution in [0.15, 0.2) is 24.3 Å². The lowest BCUT2D eigenvalue weighted by Gasteiger charge is -2.09. The van der Waals surface area contributed by atoms with Gasteiger partial charge in [0.15, 0.2) is 6.29 Å². The van der Waals surface area contributed by atoms with Gasteiger partial charge in [-0.05, 0) is 17.0 Å². The topological polar surface area (TPSA) is 35.5 Å². The van der Waals surface area contributed by atoms with Crippen LogP contribution < -0.4 is 0 Å². The SMILES string of the molecule is CC(C)c1ccc(CC(=O)CC2OCCO2)cc1. The molecule has 18 heavy (non-hydrogen) atoms. The Morgan fingerprint density at radius 1 is 1.22 bits per heavy atom. The highest BCUT2D eigenvalue weighted by atomic mass is 16.7. The third-order valence-corrected chi connectivity index (χ3v) is 3.13. The van der Waals surface area contributed by atoms with Crippen LogP contribution in [-0.2, 0) is 20.7 Å². The molecule has 2 rings (SSSR count). The zero-order valence-corrected chi connectivity index (χ0v) is 11.0. The molecular formula is C15H20O3. The van der Waals surface area contributed by atoms with E-state index >= 15 is 0 Å². The molecule has 0 atom stereocenters. The molecule has 1 aromatic rings. The number of Topliss-reactive ketones (excluding diaryl/α,β-unsaturated/α-hetero) is 1. The van der Waals surface area contributed by atoms with E-state index in [4.69, 9.17) is 9.47 Å². The predicted octanol–water partition coefficient (Wildman–Crippen LogP) is 2.68. The normalized spacial score (nSPS) is 16.4. The average Bonchev–Trinajstić information content (AvgIpc) is 2.82. The van der Waals surface area contributed by atoms with E-state index in [1.165, 1.54) is 5.56 Å². The van der Waals surface area contributed by atoms with Gasteiger partial charge < -0.3 is 9.47 Å². The minimum Gasteiger partial charge on any atom is -0.350 e. The van der Waals surface area contributed by atoms with Crippen LogP contribution in [0.1, 0.15) is 37.3 Å². The summed E-state index contributed by atoms with van der Waals surface area (Å²) in [5.74, 6) is 0.689. The van der Waals surface area contributed by atoms with Crippen molar-refractivity contribution in [3.05, 3.63) is 35.4 Å². The molecule has 3 nitrogen and oxygen atoms in total. The van der Waals surface area contributed by atoms with E-state index < -0.39 is 0 Å². The number of carbonyl (C=O) groups is 1. The summed E-state index contributed by atoms with van der Waals surface area (Å²) in [6, 6.07) is 8.25. The van der Waals surface area contributed by atoms with Crippen molar-refractivity contribution in [2.75, 3.05) is 13.2 Å². The van der Waals surface area contributed by atoms with Gasteiger partial charge in [-0.3, -0.25) is 4.79 Å². The van der Waals surface area contributed by atoms with Crippen LogP contribution in [0.3, 0.4) is 0 Å². The first-order chi connectivity index (χ1) is 8.65. The quantitative estimate of drug-likeness (QED) is 0.803. The van der Waals surface area contributed by atoms with Crippen molar-refractivity contribution < 1.29 is 14.3 Å². The van der Waals surface area contributed by atoms with Gasteiger partial charge in [-0.1, -0.05) is 38.1 Å². The van der Waals surface area contributed by atoms with Gasteiger partial charge in [0.1, 0.15) is 5.78 Å². The summed E-state index contributed by atoms with van der Waals surface area (Å²) in [6.07, 6.45) is 0.487. The Balaban J connectivity index is 1.86. The summed E-state index contributed by atoms with van der Waals surface area (Å²) in [4.78, 5) is 11.8. The summed E-state index contributed by atoms with van der Waals surface area (Å²) >= 11 is 0. The molecule has 3 heteroatoms. The summed E-state index contributed by atoms with van der Waals surface area (Å²) in [5, 5.41) is 0. The first-order valence-electron chi connectivity index (χ1n) is 6.49. The molecule has 0 saturated carbocycles. The van der Waals surface area contributed by atoms with E-state index in [1.54, 1.807) is 0 Å². The first kappa shape index (κ1) is 13.2. The van der Waals surface area contributed by atoms with Crippen LogP contribution in [0.25, 0.3) is 0 Å². The molecule has 0 aliphatic carbocycles. The third-order valence-electron chi connectivity index (χ3n) is 3.13. The molecule has 0 aromatic heterocycles. The molecule has 0 amide bonds. The van der Waals surface area contributed by atoms with Crippen molar-refractivity contribution in [3.63, 3.8) is 0 Å². The van der Waals surface area contributed by atoms with Crippen molar-refractivity contribution in [1.29, 1.82) is 0 Å². The van der Waals surface area contributed by atoms with Gasteiger partial charge in [0, 0.05) is 6.42 Å². The molecule has 1 aliphatic rings. The molecule has 1 saturated heterocycles. The number of hydrogen-bond acceptors (Lipinski definition) is 3. The van der Waals surface area contributed by atoms with Crippen LogP contribution in [0.2, 0.25) is 0 Å². The molecule has 0 spiro atoms. The van der Waals surface area contributed by atoms with Crippen LogP contribution in [0, 0.1) is 0 Å². The largest absolute Gasteiger partial charge is 0.350 e. The number of rotatable bonds is 5. The highest BCUT2D eigenvalue weighted by Gasteiger charge is 2.19. The van der Waals surface area contributed by atoms with Crippen LogP contribution >= 0.6 is 0 Å². The summed E-state index contributed by atoms with van der Waals surface area (Å²) in [7, 11) is 0. The van der Waals surface area contributed by atoms with Gasteiger partial charge in [-0.25, -0.2) is 0 Å². The fourth-order valence-corrected chi connectivity index (χ4v) is 2.03. The fourth-order valence-electron chi connectivity index (χ4n) is 2.03. The Bertz CT molecular complexity index is 389. The molecule has 1 heterocycles. The van der Waals surface area contributed by atoms with E-state index in [1.807, 2.05) is 12.1 Å². The van der Waals surface area contributed by atoms with Crippen molar-refractivity contribution in [2.45, 2.75) is 38.9 Å². The molecule has 0 bridgehead atoms.